The molecule has 0 spiro atoms. The third-order valence-electron chi connectivity index (χ3n) is 4.61. The van der Waals surface area contributed by atoms with Crippen LogP contribution >= 0.6 is 0 Å². The fourth-order valence-corrected chi connectivity index (χ4v) is 3.20. The third kappa shape index (κ3) is 3.54. The van der Waals surface area contributed by atoms with Gasteiger partial charge >= 0.3 is 0 Å². The molecular formula is C19H17N5O4. The summed E-state index contributed by atoms with van der Waals surface area (Å²) in [6.07, 6.45) is 3.46. The Morgan fingerprint density at radius 3 is 2.96 bits per heavy atom. The number of carbonyl (C=O) groups is 1. The lowest BCUT2D eigenvalue weighted by atomic mass is 9.96. The molecule has 1 aliphatic rings. The molecule has 1 aromatic heterocycles. The highest BCUT2D eigenvalue weighted by Gasteiger charge is 2.22. The molecule has 4 rings (SSSR count). The first-order chi connectivity index (χ1) is 13.6. The van der Waals surface area contributed by atoms with E-state index in [1.807, 2.05) is 24.3 Å². The van der Waals surface area contributed by atoms with E-state index >= 15 is 0 Å². The number of aromatic nitrogens is 3. The predicted molar refractivity (Wildman–Crippen MR) is 99.5 cm³/mol. The predicted octanol–water partition coefficient (Wildman–Crippen LogP) is 2.16. The van der Waals surface area contributed by atoms with Gasteiger partial charge in [0.2, 0.25) is 0 Å². The van der Waals surface area contributed by atoms with Crippen molar-refractivity contribution >= 4 is 11.6 Å². The van der Waals surface area contributed by atoms with Crippen molar-refractivity contribution < 1.29 is 14.5 Å². The van der Waals surface area contributed by atoms with Crippen LogP contribution in [0.3, 0.4) is 0 Å². The minimum absolute atomic E-state index is 0.142. The Morgan fingerprint density at radius 1 is 1.32 bits per heavy atom. The Hall–Kier alpha value is -3.75. The summed E-state index contributed by atoms with van der Waals surface area (Å²) in [7, 11) is 0. The molecule has 0 bridgehead atoms. The Morgan fingerprint density at radius 2 is 2.18 bits per heavy atom. The Balaban J connectivity index is 1.45. The molecule has 3 aromatic rings. The average Bonchev–Trinajstić information content (AvgIpc) is 3.26. The Kier molecular flexibility index (Phi) is 4.71. The van der Waals surface area contributed by atoms with Crippen LogP contribution in [-0.2, 0) is 6.42 Å². The number of nitrogens with one attached hydrogen (secondary N) is 1. The summed E-state index contributed by atoms with van der Waals surface area (Å²) in [5, 5.41) is 18.2. The van der Waals surface area contributed by atoms with Gasteiger partial charge in [-0.25, -0.2) is 9.67 Å². The zero-order chi connectivity index (χ0) is 19.5. The van der Waals surface area contributed by atoms with E-state index in [-0.39, 0.29) is 28.8 Å². The summed E-state index contributed by atoms with van der Waals surface area (Å²) in [4.78, 5) is 27.2. The molecule has 0 radical (unpaired) electrons. The number of hydrogen-bond acceptors (Lipinski definition) is 6. The van der Waals surface area contributed by atoms with Gasteiger partial charge in [-0.2, -0.15) is 5.10 Å². The maximum atomic E-state index is 12.5. The molecule has 0 saturated carbocycles. The number of ether oxygens (including phenoxy) is 1. The molecule has 0 saturated heterocycles. The van der Waals surface area contributed by atoms with Crippen molar-refractivity contribution in [2.45, 2.75) is 6.42 Å². The van der Waals surface area contributed by atoms with Crippen LogP contribution in [0.25, 0.3) is 5.69 Å². The number of nitro benzene ring substituents is 1. The van der Waals surface area contributed by atoms with Crippen LogP contribution in [-0.4, -0.2) is 38.7 Å². The molecule has 0 aliphatic carbocycles. The van der Waals surface area contributed by atoms with Gasteiger partial charge in [0.05, 0.1) is 11.5 Å². The van der Waals surface area contributed by atoms with Gasteiger partial charge in [-0.05, 0) is 30.2 Å². The maximum Gasteiger partial charge on any atom is 0.295 e. The molecule has 28 heavy (non-hydrogen) atoms. The number of rotatable bonds is 5. The smallest absolute Gasteiger partial charge is 0.295 e. The lowest BCUT2D eigenvalue weighted by Crippen LogP contribution is -2.34. The maximum absolute atomic E-state index is 12.5. The fraction of sp³-hybridized carbons (Fsp3) is 0.211. The molecule has 9 nitrogen and oxygen atoms in total. The molecule has 2 aromatic carbocycles. The van der Waals surface area contributed by atoms with E-state index in [1.54, 1.807) is 0 Å². The first-order valence-corrected chi connectivity index (χ1v) is 8.74. The largest absolute Gasteiger partial charge is 0.493 e. The summed E-state index contributed by atoms with van der Waals surface area (Å²) >= 11 is 0. The minimum atomic E-state index is -0.542. The summed E-state index contributed by atoms with van der Waals surface area (Å²) in [5.74, 6) is 0.653. The summed E-state index contributed by atoms with van der Waals surface area (Å²) in [5.41, 5.74) is 1.36. The van der Waals surface area contributed by atoms with Crippen LogP contribution in [0.5, 0.6) is 5.75 Å². The molecule has 1 aliphatic heterocycles. The van der Waals surface area contributed by atoms with E-state index in [0.29, 0.717) is 13.2 Å². The van der Waals surface area contributed by atoms with E-state index in [4.69, 9.17) is 4.74 Å². The number of fused-ring (bicyclic) bond motifs is 1. The molecule has 0 fully saturated rings. The van der Waals surface area contributed by atoms with Crippen molar-refractivity contribution in [1.29, 1.82) is 0 Å². The van der Waals surface area contributed by atoms with Crippen molar-refractivity contribution in [2.24, 2.45) is 5.92 Å². The van der Waals surface area contributed by atoms with Gasteiger partial charge in [0.1, 0.15) is 24.1 Å². The highest BCUT2D eigenvalue weighted by Crippen LogP contribution is 2.27. The van der Waals surface area contributed by atoms with Crippen LogP contribution in [0.2, 0.25) is 0 Å². The molecule has 1 atom stereocenters. The van der Waals surface area contributed by atoms with E-state index in [9.17, 15) is 14.9 Å². The van der Waals surface area contributed by atoms with Crippen LogP contribution in [0.15, 0.2) is 55.1 Å². The van der Waals surface area contributed by atoms with Crippen molar-refractivity contribution in [3.63, 3.8) is 0 Å². The molecule has 1 amide bonds. The summed E-state index contributed by atoms with van der Waals surface area (Å²) in [6.45, 7) is 0.939. The number of para-hydroxylation sites is 1. The number of nitro groups is 1. The van der Waals surface area contributed by atoms with Crippen molar-refractivity contribution in [2.75, 3.05) is 13.2 Å². The first-order valence-electron chi connectivity index (χ1n) is 8.74. The standard InChI is InChI=1S/C19H17N5O4/c25-19(21-9-13-7-14-3-1-2-4-18(14)28-10-13)15-5-6-16(17(8-15)24(26)27)23-12-20-11-22-23/h1-6,8,11-13H,7,9-10H2,(H,21,25). The average molecular weight is 379 g/mol. The monoisotopic (exact) mass is 379 g/mol. The SMILES string of the molecule is O=C(NCC1COc2ccccc2C1)c1ccc(-n2cncn2)c([N+](=O)[O-])c1. The van der Waals surface area contributed by atoms with Crippen LogP contribution in [0, 0.1) is 16.0 Å². The summed E-state index contributed by atoms with van der Waals surface area (Å²) in [6, 6.07) is 12.1. The highest BCUT2D eigenvalue weighted by atomic mass is 16.6. The number of benzene rings is 2. The molecular weight excluding hydrogens is 362 g/mol. The van der Waals surface area contributed by atoms with Crippen LogP contribution in [0.1, 0.15) is 15.9 Å². The number of carbonyl (C=O) groups excluding carboxylic acids is 1. The van der Waals surface area contributed by atoms with E-state index in [0.717, 1.165) is 17.7 Å². The lowest BCUT2D eigenvalue weighted by Gasteiger charge is -2.25. The normalized spacial score (nSPS) is 15.4. The molecule has 9 heteroatoms. The first kappa shape index (κ1) is 17.7. The van der Waals surface area contributed by atoms with Gasteiger partial charge in [0.15, 0.2) is 0 Å². The molecule has 142 valence electrons. The second kappa shape index (κ2) is 7.47. The molecule has 1 N–H and O–H groups in total. The molecule has 2 heterocycles. The quantitative estimate of drug-likeness (QED) is 0.537. The topological polar surface area (TPSA) is 112 Å². The zero-order valence-electron chi connectivity index (χ0n) is 14.8. The third-order valence-corrected chi connectivity index (χ3v) is 4.61. The lowest BCUT2D eigenvalue weighted by molar-refractivity contribution is -0.384. The van der Waals surface area contributed by atoms with E-state index in [1.165, 1.54) is 35.5 Å². The van der Waals surface area contributed by atoms with E-state index < -0.39 is 4.92 Å². The Bertz CT molecular complexity index is 1020. The van der Waals surface area contributed by atoms with Crippen LogP contribution < -0.4 is 10.1 Å². The van der Waals surface area contributed by atoms with Gasteiger partial charge in [-0.15, -0.1) is 0 Å². The molecule has 1 unspecified atom stereocenters. The zero-order valence-corrected chi connectivity index (χ0v) is 14.8. The minimum Gasteiger partial charge on any atom is -0.493 e. The number of nitrogens with zero attached hydrogens (tertiary/aromatic N) is 4. The van der Waals surface area contributed by atoms with Gasteiger partial charge in [0.25, 0.3) is 11.6 Å². The van der Waals surface area contributed by atoms with Crippen LogP contribution in [0.4, 0.5) is 5.69 Å². The number of amides is 1. The van der Waals surface area contributed by atoms with Crippen molar-refractivity contribution in [1.82, 2.24) is 20.1 Å². The second-order valence-electron chi connectivity index (χ2n) is 6.50. The van der Waals surface area contributed by atoms with Crippen molar-refractivity contribution in [3.8, 4) is 11.4 Å². The fourth-order valence-electron chi connectivity index (χ4n) is 3.20. The summed E-state index contributed by atoms with van der Waals surface area (Å²) < 4.78 is 7.01. The Labute approximate surface area is 160 Å². The van der Waals surface area contributed by atoms with Gasteiger partial charge in [-0.1, -0.05) is 18.2 Å². The van der Waals surface area contributed by atoms with Gasteiger partial charge in [0, 0.05) is 24.1 Å². The van der Waals surface area contributed by atoms with E-state index in [2.05, 4.69) is 15.4 Å². The second-order valence-corrected chi connectivity index (χ2v) is 6.50. The number of hydrogen-bond donors (Lipinski definition) is 1. The van der Waals surface area contributed by atoms with Gasteiger partial charge < -0.3 is 10.1 Å². The highest BCUT2D eigenvalue weighted by molar-refractivity contribution is 5.95. The van der Waals surface area contributed by atoms with Gasteiger partial charge in [-0.3, -0.25) is 14.9 Å². The van der Waals surface area contributed by atoms with Crippen molar-refractivity contribution in [3.05, 3.63) is 76.4 Å².